The lowest BCUT2D eigenvalue weighted by atomic mass is 10.3. The molecule has 6 heteroatoms. The van der Waals surface area contributed by atoms with Gasteiger partial charge in [-0.3, -0.25) is 9.59 Å². The van der Waals surface area contributed by atoms with Crippen LogP contribution >= 0.6 is 0 Å². The predicted octanol–water partition coefficient (Wildman–Crippen LogP) is 0.274. The zero-order valence-corrected chi connectivity index (χ0v) is 9.17. The summed E-state index contributed by atoms with van der Waals surface area (Å²) in [6.07, 6.45) is 4.24. The molecule has 6 nitrogen and oxygen atoms in total. The van der Waals surface area contributed by atoms with Crippen molar-refractivity contribution in [2.75, 3.05) is 13.1 Å². The van der Waals surface area contributed by atoms with Crippen LogP contribution in [-0.4, -0.2) is 45.2 Å². The number of hydrogen-bond donors (Lipinski definition) is 0. The van der Waals surface area contributed by atoms with Crippen LogP contribution < -0.4 is 0 Å². The first-order valence-corrected chi connectivity index (χ1v) is 5.38. The van der Waals surface area contributed by atoms with Crippen LogP contribution in [-0.2, 0) is 4.79 Å². The summed E-state index contributed by atoms with van der Waals surface area (Å²) in [4.78, 5) is 24.3. The van der Waals surface area contributed by atoms with Crippen LogP contribution in [0.25, 0.3) is 0 Å². The molecule has 1 aromatic heterocycles. The molecule has 86 valence electrons. The molecule has 1 aliphatic heterocycles. The molecule has 0 saturated carbocycles. The summed E-state index contributed by atoms with van der Waals surface area (Å²) in [6.45, 7) is 3.40. The average molecular weight is 222 g/mol. The van der Waals surface area contributed by atoms with Crippen LogP contribution in [0.5, 0.6) is 0 Å². The predicted molar refractivity (Wildman–Crippen MR) is 55.9 cm³/mol. The molecule has 0 aliphatic carbocycles. The standard InChI is InChI=1S/C10H14N4O2/c1-8(10(16)13-4-2-3-5-13)14-6-9(7-15)11-12-14/h6-8H,2-5H2,1H3. The summed E-state index contributed by atoms with van der Waals surface area (Å²) < 4.78 is 1.43. The molecule has 2 rings (SSSR count). The van der Waals surface area contributed by atoms with E-state index < -0.39 is 0 Å². The molecule has 0 radical (unpaired) electrons. The second kappa shape index (κ2) is 4.42. The maximum atomic E-state index is 12.0. The van der Waals surface area contributed by atoms with Crippen LogP contribution in [0.4, 0.5) is 0 Å². The Morgan fingerprint density at radius 1 is 1.50 bits per heavy atom. The minimum absolute atomic E-state index is 0.0415. The van der Waals surface area contributed by atoms with Gasteiger partial charge in [0.1, 0.15) is 11.7 Å². The number of nitrogens with zero attached hydrogens (tertiary/aromatic N) is 4. The van der Waals surface area contributed by atoms with Gasteiger partial charge >= 0.3 is 0 Å². The second-order valence-corrected chi connectivity index (χ2v) is 3.95. The molecule has 1 aliphatic rings. The minimum Gasteiger partial charge on any atom is -0.341 e. The molecule has 0 spiro atoms. The first-order valence-electron chi connectivity index (χ1n) is 5.38. The van der Waals surface area contributed by atoms with Gasteiger partial charge in [0.05, 0.1) is 6.20 Å². The van der Waals surface area contributed by atoms with Crippen molar-refractivity contribution in [3.63, 3.8) is 0 Å². The van der Waals surface area contributed by atoms with Crippen LogP contribution in [0.2, 0.25) is 0 Å². The number of rotatable bonds is 3. The molecule has 2 heterocycles. The Morgan fingerprint density at radius 2 is 2.19 bits per heavy atom. The molecule has 0 bridgehead atoms. The maximum absolute atomic E-state index is 12.0. The Bertz CT molecular complexity index is 395. The average Bonchev–Trinajstić information content (AvgIpc) is 2.97. The zero-order chi connectivity index (χ0) is 11.5. The van der Waals surface area contributed by atoms with Gasteiger partial charge in [-0.05, 0) is 19.8 Å². The van der Waals surface area contributed by atoms with Crippen LogP contribution in [0.1, 0.15) is 36.3 Å². The fraction of sp³-hybridized carbons (Fsp3) is 0.600. The van der Waals surface area contributed by atoms with Crippen molar-refractivity contribution in [3.8, 4) is 0 Å². The van der Waals surface area contributed by atoms with Gasteiger partial charge in [0.25, 0.3) is 0 Å². The number of aromatic nitrogens is 3. The van der Waals surface area contributed by atoms with Crippen molar-refractivity contribution >= 4 is 12.2 Å². The molecule has 1 atom stereocenters. The summed E-state index contributed by atoms with van der Waals surface area (Å²) >= 11 is 0. The smallest absolute Gasteiger partial charge is 0.247 e. The van der Waals surface area contributed by atoms with Gasteiger partial charge in [-0.15, -0.1) is 5.10 Å². The minimum atomic E-state index is -0.390. The van der Waals surface area contributed by atoms with E-state index >= 15 is 0 Å². The van der Waals surface area contributed by atoms with E-state index in [1.54, 1.807) is 6.92 Å². The highest BCUT2D eigenvalue weighted by Crippen LogP contribution is 2.14. The van der Waals surface area contributed by atoms with E-state index in [1.807, 2.05) is 4.90 Å². The lowest BCUT2D eigenvalue weighted by Gasteiger charge is -2.19. The number of carbonyl (C=O) groups is 2. The Kier molecular flexibility index (Phi) is 2.98. The zero-order valence-electron chi connectivity index (χ0n) is 9.17. The quantitative estimate of drug-likeness (QED) is 0.688. The largest absolute Gasteiger partial charge is 0.341 e. The van der Waals surface area contributed by atoms with Crippen molar-refractivity contribution in [1.29, 1.82) is 0 Å². The lowest BCUT2D eigenvalue weighted by Crippen LogP contribution is -2.34. The number of likely N-dealkylation sites (tertiary alicyclic amines) is 1. The summed E-state index contributed by atoms with van der Waals surface area (Å²) in [6, 6.07) is -0.390. The van der Waals surface area contributed by atoms with Gasteiger partial charge in [-0.1, -0.05) is 5.21 Å². The van der Waals surface area contributed by atoms with E-state index in [0.29, 0.717) is 6.29 Å². The topological polar surface area (TPSA) is 68.1 Å². The van der Waals surface area contributed by atoms with E-state index in [1.165, 1.54) is 10.9 Å². The van der Waals surface area contributed by atoms with Crippen molar-refractivity contribution in [2.24, 2.45) is 0 Å². The maximum Gasteiger partial charge on any atom is 0.247 e. The first-order chi connectivity index (χ1) is 7.72. The summed E-state index contributed by atoms with van der Waals surface area (Å²) in [5.74, 6) is 0.0415. The van der Waals surface area contributed by atoms with Gasteiger partial charge in [-0.2, -0.15) is 0 Å². The fourth-order valence-electron chi connectivity index (χ4n) is 1.85. The Labute approximate surface area is 93.2 Å². The SMILES string of the molecule is CC(C(=O)N1CCCC1)n1cc(C=O)nn1. The highest BCUT2D eigenvalue weighted by Gasteiger charge is 2.25. The second-order valence-electron chi connectivity index (χ2n) is 3.95. The van der Waals surface area contributed by atoms with E-state index in [4.69, 9.17) is 0 Å². The highest BCUT2D eigenvalue weighted by atomic mass is 16.2. The molecular formula is C10H14N4O2. The number of hydrogen-bond acceptors (Lipinski definition) is 4. The first kappa shape index (κ1) is 10.8. The Hall–Kier alpha value is -1.72. The number of amides is 1. The molecule has 1 unspecified atom stereocenters. The van der Waals surface area contributed by atoms with Gasteiger partial charge in [0.15, 0.2) is 6.29 Å². The van der Waals surface area contributed by atoms with Crippen LogP contribution in [0.3, 0.4) is 0 Å². The Balaban J connectivity index is 2.08. The van der Waals surface area contributed by atoms with Crippen molar-refractivity contribution in [1.82, 2.24) is 19.9 Å². The fourth-order valence-corrected chi connectivity index (χ4v) is 1.85. The van der Waals surface area contributed by atoms with Crippen molar-refractivity contribution in [2.45, 2.75) is 25.8 Å². The van der Waals surface area contributed by atoms with Crippen molar-refractivity contribution < 1.29 is 9.59 Å². The third-order valence-electron chi connectivity index (χ3n) is 2.82. The monoisotopic (exact) mass is 222 g/mol. The molecule has 1 aromatic rings. The Morgan fingerprint density at radius 3 is 2.75 bits per heavy atom. The summed E-state index contributed by atoms with van der Waals surface area (Å²) in [5, 5.41) is 7.41. The van der Waals surface area contributed by atoms with E-state index in [0.717, 1.165) is 25.9 Å². The van der Waals surface area contributed by atoms with E-state index in [9.17, 15) is 9.59 Å². The van der Waals surface area contributed by atoms with E-state index in [2.05, 4.69) is 10.3 Å². The molecule has 1 saturated heterocycles. The molecule has 1 amide bonds. The van der Waals surface area contributed by atoms with Gasteiger partial charge < -0.3 is 4.90 Å². The number of aldehydes is 1. The van der Waals surface area contributed by atoms with Gasteiger partial charge in [-0.25, -0.2) is 4.68 Å². The van der Waals surface area contributed by atoms with Crippen LogP contribution in [0.15, 0.2) is 6.20 Å². The van der Waals surface area contributed by atoms with Gasteiger partial charge in [0, 0.05) is 13.1 Å². The number of carbonyl (C=O) groups excluding carboxylic acids is 2. The van der Waals surface area contributed by atoms with E-state index in [-0.39, 0.29) is 17.6 Å². The normalized spacial score (nSPS) is 17.4. The summed E-state index contributed by atoms with van der Waals surface area (Å²) in [7, 11) is 0. The van der Waals surface area contributed by atoms with Gasteiger partial charge in [0.2, 0.25) is 5.91 Å². The van der Waals surface area contributed by atoms with Crippen molar-refractivity contribution in [3.05, 3.63) is 11.9 Å². The third-order valence-corrected chi connectivity index (χ3v) is 2.82. The lowest BCUT2D eigenvalue weighted by molar-refractivity contribution is -0.133. The molecular weight excluding hydrogens is 208 g/mol. The molecule has 16 heavy (non-hydrogen) atoms. The van der Waals surface area contributed by atoms with Crippen LogP contribution in [0, 0.1) is 0 Å². The summed E-state index contributed by atoms with van der Waals surface area (Å²) in [5.41, 5.74) is 0.251. The highest BCUT2D eigenvalue weighted by molar-refractivity contribution is 5.80. The molecule has 0 N–H and O–H groups in total. The molecule has 0 aromatic carbocycles. The molecule has 1 fully saturated rings. The third kappa shape index (κ3) is 1.95.